The van der Waals surface area contributed by atoms with E-state index in [1.807, 2.05) is 117 Å². The van der Waals surface area contributed by atoms with Crippen molar-refractivity contribution in [2.45, 2.75) is 224 Å². The molecule has 15 nitrogen and oxygen atoms in total. The number of carbonyl (C=O) groups excluding carboxylic acids is 1. The van der Waals surface area contributed by atoms with Crippen molar-refractivity contribution < 1.29 is 57.4 Å². The molecule has 0 saturated carbocycles. The Morgan fingerprint density at radius 1 is 0.734 bits per heavy atom. The number of esters is 1. The SMILES string of the molecule is CCC1OC(=O)[C@H](C)C(O[C@H]2C[C@@](C)(OC)[C@@H](O[Si](C)(C)C)[C@H](C)O2)[C@H](C)[C@@H](O[C@@H]2O[C@H](C)C[C@H](N(C)C)[C@H]2O[Si](C)(C)C)[C@](C)(O)C[C@@H](C)/C(=N\NC(c2ccccc2)(c2ccccc2)c2ccccc2)[C@H](C)[C@@H](O)[C@]1(C)O. The van der Waals surface area contributed by atoms with Crippen LogP contribution in [0.25, 0.3) is 0 Å². The summed E-state index contributed by atoms with van der Waals surface area (Å²) in [7, 11) is 1.36. The predicted octanol–water partition coefficient (Wildman–Crippen LogP) is 9.87. The number of hydrogen-bond donors (Lipinski definition) is 4. The summed E-state index contributed by atoms with van der Waals surface area (Å²) >= 11 is 0. The minimum atomic E-state index is -2.27. The first-order valence-corrected chi connectivity index (χ1v) is 35.6. The van der Waals surface area contributed by atoms with Crippen LogP contribution in [0.5, 0.6) is 0 Å². The number of hydrogen-bond acceptors (Lipinski definition) is 15. The summed E-state index contributed by atoms with van der Waals surface area (Å²) in [5.74, 6) is -3.96. The van der Waals surface area contributed by atoms with Gasteiger partial charge in [0.1, 0.15) is 23.3 Å². The molecule has 0 radical (unpaired) electrons. The number of methoxy groups -OCH3 is 1. The van der Waals surface area contributed by atoms with Gasteiger partial charge in [-0.2, -0.15) is 5.10 Å². The van der Waals surface area contributed by atoms with E-state index in [-0.39, 0.29) is 31.4 Å². The topological polar surface area (TPSA) is 179 Å². The smallest absolute Gasteiger partial charge is 0.311 e. The van der Waals surface area contributed by atoms with Crippen molar-refractivity contribution in [2.75, 3.05) is 21.2 Å². The lowest BCUT2D eigenvalue weighted by atomic mass is 9.73. The van der Waals surface area contributed by atoms with Gasteiger partial charge < -0.3 is 57.5 Å². The van der Waals surface area contributed by atoms with E-state index in [1.54, 1.807) is 21.0 Å². The van der Waals surface area contributed by atoms with Gasteiger partial charge in [0.15, 0.2) is 29.2 Å². The number of ether oxygens (including phenoxy) is 6. The van der Waals surface area contributed by atoms with Gasteiger partial charge in [0.05, 0.1) is 53.7 Å². The van der Waals surface area contributed by atoms with E-state index in [0.29, 0.717) is 12.1 Å². The monoisotopic (exact) mass is 1130 g/mol. The van der Waals surface area contributed by atoms with Crippen LogP contribution in [-0.4, -0.2) is 154 Å². The van der Waals surface area contributed by atoms with Crippen LogP contribution in [0.2, 0.25) is 39.3 Å². The maximum atomic E-state index is 15.1. The first-order valence-electron chi connectivity index (χ1n) is 28.8. The number of nitrogens with one attached hydrogen (secondary N) is 1. The van der Waals surface area contributed by atoms with E-state index in [0.717, 1.165) is 16.7 Å². The molecule has 18 atom stereocenters. The molecule has 442 valence electrons. The fraction of sp³-hybridized carbons (Fsp3) is 0.677. The molecule has 79 heavy (non-hydrogen) atoms. The summed E-state index contributed by atoms with van der Waals surface area (Å²) in [6.07, 6.45) is -7.22. The normalized spacial score (nSPS) is 37.3. The van der Waals surface area contributed by atoms with E-state index < -0.39 is 124 Å². The summed E-state index contributed by atoms with van der Waals surface area (Å²) in [6, 6.07) is 30.2. The third kappa shape index (κ3) is 15.1. The number of benzene rings is 3. The standard InChI is InChI=1S/C62H99N3O12Si2/c1-20-49-61(10,69)54(66)41(4)51(63-64-62(45-30-24-21-25-31-45,46-32-26-22-27-33-46)47-34-28-23-29-35-47)39(2)37-59(8,68)55(75-58-53(76-78(14,15)16)48(65(11)12)36-40(3)71-58)42(5)52(43(6)57(67)73-49)74-50-38-60(9,70-13)56(44(7)72-50)77-79(17,18)19/h21-35,39-44,48-50,52-56,58,64,66,68-69H,20,36-38H2,1-19H3/b63-51+/t39-,40-,41+,42+,43-,44+,48+,49?,50+,52?,53-,54-,55-,56+,58+,59-,60-,61-/m1/s1. The molecule has 3 aliphatic rings. The molecule has 3 heterocycles. The fourth-order valence-corrected chi connectivity index (χ4v) is 14.9. The molecule has 3 saturated heterocycles. The molecule has 17 heteroatoms. The van der Waals surface area contributed by atoms with Crippen LogP contribution in [0.3, 0.4) is 0 Å². The van der Waals surface area contributed by atoms with E-state index >= 15 is 4.79 Å². The maximum Gasteiger partial charge on any atom is 0.311 e. The molecule has 2 unspecified atom stereocenters. The van der Waals surface area contributed by atoms with Crippen LogP contribution < -0.4 is 5.43 Å². The lowest BCUT2D eigenvalue weighted by Crippen LogP contribution is -2.62. The Bertz CT molecular complexity index is 2330. The van der Waals surface area contributed by atoms with E-state index in [4.69, 9.17) is 42.4 Å². The zero-order chi connectivity index (χ0) is 58.6. The zero-order valence-electron chi connectivity index (χ0n) is 51.1. The van der Waals surface area contributed by atoms with Gasteiger partial charge in [0, 0.05) is 37.1 Å². The molecule has 3 fully saturated rings. The van der Waals surface area contributed by atoms with Crippen molar-refractivity contribution >= 4 is 28.3 Å². The minimum absolute atomic E-state index is 0.0346. The van der Waals surface area contributed by atoms with Gasteiger partial charge in [-0.15, -0.1) is 0 Å². The number of cyclic esters (lactones) is 1. The average Bonchev–Trinajstić information content (AvgIpc) is 3.38. The molecule has 3 aromatic rings. The number of nitrogens with zero attached hydrogens (tertiary/aromatic N) is 2. The second kappa shape index (κ2) is 26.0. The van der Waals surface area contributed by atoms with Gasteiger partial charge in [-0.3, -0.25) is 10.2 Å². The van der Waals surface area contributed by atoms with Gasteiger partial charge in [0.25, 0.3) is 0 Å². The highest BCUT2D eigenvalue weighted by molar-refractivity contribution is 6.70. The molecule has 6 rings (SSSR count). The molecular formula is C62H99N3O12Si2. The Kier molecular flexibility index (Phi) is 21.3. The second-order valence-corrected chi connectivity index (χ2v) is 34.9. The van der Waals surface area contributed by atoms with Gasteiger partial charge in [-0.05, 0) is 137 Å². The number of carbonyl (C=O) groups is 1. The summed E-state index contributed by atoms with van der Waals surface area (Å²) in [4.78, 5) is 17.2. The lowest BCUT2D eigenvalue weighted by molar-refractivity contribution is -0.315. The van der Waals surface area contributed by atoms with Crippen LogP contribution in [0.15, 0.2) is 96.1 Å². The Morgan fingerprint density at radius 3 is 1.72 bits per heavy atom. The molecule has 0 aliphatic carbocycles. The van der Waals surface area contributed by atoms with Crippen molar-refractivity contribution in [3.8, 4) is 0 Å². The Hall–Kier alpha value is -3.41. The van der Waals surface area contributed by atoms with E-state index in [2.05, 4.69) is 86.0 Å². The molecule has 0 amide bonds. The summed E-state index contributed by atoms with van der Waals surface area (Å²) in [5.41, 5.74) is 1.23. The van der Waals surface area contributed by atoms with Crippen LogP contribution in [0.1, 0.15) is 112 Å². The predicted molar refractivity (Wildman–Crippen MR) is 315 cm³/mol. The highest BCUT2D eigenvalue weighted by Gasteiger charge is 2.55. The van der Waals surface area contributed by atoms with Crippen LogP contribution >= 0.6 is 0 Å². The quantitative estimate of drug-likeness (QED) is 0.0461. The number of rotatable bonds is 16. The Balaban J connectivity index is 1.57. The Labute approximate surface area is 475 Å². The third-order valence-corrected chi connectivity index (χ3v) is 18.7. The number of likely N-dealkylation sites (N-methyl/N-ethyl adjacent to an activating group) is 1. The summed E-state index contributed by atoms with van der Waals surface area (Å²) < 4.78 is 54.6. The number of aliphatic hydroxyl groups excluding tert-OH is 1. The van der Waals surface area contributed by atoms with Gasteiger partial charge in [-0.1, -0.05) is 119 Å². The molecular weight excluding hydrogens is 1030 g/mol. The molecule has 0 spiro atoms. The lowest BCUT2D eigenvalue weighted by Gasteiger charge is -2.51. The molecule has 0 bridgehead atoms. The highest BCUT2D eigenvalue weighted by Crippen LogP contribution is 2.44. The van der Waals surface area contributed by atoms with Crippen LogP contribution in [0, 0.1) is 23.7 Å². The van der Waals surface area contributed by atoms with Crippen molar-refractivity contribution in [1.29, 1.82) is 0 Å². The summed E-state index contributed by atoms with van der Waals surface area (Å²) in [6.45, 7) is 31.3. The van der Waals surface area contributed by atoms with Crippen molar-refractivity contribution in [1.82, 2.24) is 10.3 Å². The van der Waals surface area contributed by atoms with Crippen LogP contribution in [0.4, 0.5) is 0 Å². The van der Waals surface area contributed by atoms with Crippen molar-refractivity contribution in [2.24, 2.45) is 28.8 Å². The fourth-order valence-electron chi connectivity index (χ4n) is 12.6. The van der Waals surface area contributed by atoms with Crippen molar-refractivity contribution in [3.63, 3.8) is 0 Å². The molecule has 4 N–H and O–H groups in total. The van der Waals surface area contributed by atoms with Gasteiger partial charge in [-0.25, -0.2) is 0 Å². The van der Waals surface area contributed by atoms with Gasteiger partial charge >= 0.3 is 5.97 Å². The maximum absolute atomic E-state index is 15.1. The summed E-state index contributed by atoms with van der Waals surface area (Å²) in [5, 5.41) is 44.5. The highest BCUT2D eigenvalue weighted by atomic mass is 28.4. The molecule has 3 aromatic carbocycles. The molecule has 0 aromatic heterocycles. The van der Waals surface area contributed by atoms with Crippen molar-refractivity contribution in [3.05, 3.63) is 108 Å². The zero-order valence-corrected chi connectivity index (χ0v) is 53.1. The van der Waals surface area contributed by atoms with E-state index in [1.165, 1.54) is 6.92 Å². The first-order chi connectivity index (χ1) is 36.8. The number of aliphatic hydroxyl groups is 3. The average molecular weight is 1130 g/mol. The Morgan fingerprint density at radius 2 is 1.25 bits per heavy atom. The first kappa shape index (κ1) is 64.8. The van der Waals surface area contributed by atoms with E-state index in [9.17, 15) is 15.3 Å². The largest absolute Gasteiger partial charge is 0.459 e. The van der Waals surface area contributed by atoms with Crippen LogP contribution in [-0.2, 0) is 47.6 Å². The second-order valence-electron chi connectivity index (χ2n) is 26.0. The number of hydrazone groups is 1. The van der Waals surface area contributed by atoms with Gasteiger partial charge in [0.2, 0.25) is 0 Å². The third-order valence-electron chi connectivity index (χ3n) is 16.7. The minimum Gasteiger partial charge on any atom is -0.459 e. The molecule has 3 aliphatic heterocycles.